The maximum absolute atomic E-state index is 5.96. The number of H-pyrrole nitrogens is 1. The smallest absolute Gasteiger partial charge is 0.241 e. The van der Waals surface area contributed by atoms with Crippen molar-refractivity contribution in [2.75, 3.05) is 7.11 Å². The van der Waals surface area contributed by atoms with Gasteiger partial charge in [-0.25, -0.2) is 0 Å². The molecule has 0 radical (unpaired) electrons. The van der Waals surface area contributed by atoms with Gasteiger partial charge in [-0.3, -0.25) is 5.10 Å². The normalized spacial score (nSPS) is 10.7. The Balaban J connectivity index is 2.82. The quantitative estimate of drug-likeness (QED) is 0.797. The summed E-state index contributed by atoms with van der Waals surface area (Å²) >= 11 is 11.8. The monoisotopic (exact) mass is 216 g/mol. The molecule has 1 heterocycles. The number of hydrogen-bond acceptors (Lipinski definition) is 2. The molecule has 0 aliphatic heterocycles. The van der Waals surface area contributed by atoms with Crippen LogP contribution in [0, 0.1) is 0 Å². The highest BCUT2D eigenvalue weighted by molar-refractivity contribution is 6.38. The second-order valence-corrected chi connectivity index (χ2v) is 3.39. The summed E-state index contributed by atoms with van der Waals surface area (Å²) in [6, 6.07) is 3.40. The number of aromatic nitrogens is 2. The Labute approximate surface area is 84.6 Å². The van der Waals surface area contributed by atoms with Crippen molar-refractivity contribution < 1.29 is 4.74 Å². The second-order valence-electron chi connectivity index (χ2n) is 2.54. The first-order valence-electron chi connectivity index (χ1n) is 3.59. The first-order valence-corrected chi connectivity index (χ1v) is 4.35. The minimum Gasteiger partial charge on any atom is -0.479 e. The van der Waals surface area contributed by atoms with Crippen LogP contribution >= 0.6 is 23.2 Å². The molecule has 2 aromatic rings. The Bertz CT molecular complexity index is 453. The molecule has 3 nitrogen and oxygen atoms in total. The molecule has 0 aliphatic rings. The van der Waals surface area contributed by atoms with E-state index in [0.717, 1.165) is 10.9 Å². The number of halogens is 2. The molecule has 68 valence electrons. The average Bonchev–Trinajstić information content (AvgIpc) is 2.47. The molecule has 0 unspecified atom stereocenters. The summed E-state index contributed by atoms with van der Waals surface area (Å²) in [6.07, 6.45) is 0. The zero-order chi connectivity index (χ0) is 9.42. The molecule has 0 bridgehead atoms. The van der Waals surface area contributed by atoms with Crippen molar-refractivity contribution >= 4 is 34.1 Å². The second kappa shape index (κ2) is 3.09. The largest absolute Gasteiger partial charge is 0.479 e. The predicted octanol–water partition coefficient (Wildman–Crippen LogP) is 2.88. The molecular weight excluding hydrogens is 211 g/mol. The van der Waals surface area contributed by atoms with E-state index >= 15 is 0 Å². The first kappa shape index (κ1) is 8.66. The lowest BCUT2D eigenvalue weighted by Crippen LogP contribution is -1.82. The zero-order valence-electron chi connectivity index (χ0n) is 6.77. The van der Waals surface area contributed by atoms with E-state index in [9.17, 15) is 0 Å². The van der Waals surface area contributed by atoms with Crippen LogP contribution in [0.5, 0.6) is 5.88 Å². The Morgan fingerprint density at radius 3 is 2.85 bits per heavy atom. The van der Waals surface area contributed by atoms with Crippen molar-refractivity contribution in [3.8, 4) is 5.88 Å². The number of fused-ring (bicyclic) bond motifs is 1. The van der Waals surface area contributed by atoms with Gasteiger partial charge in [-0.15, -0.1) is 5.10 Å². The van der Waals surface area contributed by atoms with Crippen molar-refractivity contribution in [2.24, 2.45) is 0 Å². The maximum atomic E-state index is 5.96. The molecule has 0 aliphatic carbocycles. The number of methoxy groups -OCH3 is 1. The fourth-order valence-electron chi connectivity index (χ4n) is 1.19. The molecule has 0 spiro atoms. The molecule has 0 saturated carbocycles. The van der Waals surface area contributed by atoms with Crippen LogP contribution in [0.3, 0.4) is 0 Å². The lowest BCUT2D eigenvalue weighted by atomic mass is 10.2. The van der Waals surface area contributed by atoms with Gasteiger partial charge in [0.2, 0.25) is 5.88 Å². The third-order valence-corrected chi connectivity index (χ3v) is 2.26. The van der Waals surface area contributed by atoms with Crippen LogP contribution in [-0.4, -0.2) is 17.3 Å². The number of rotatable bonds is 1. The van der Waals surface area contributed by atoms with Gasteiger partial charge in [0.1, 0.15) is 0 Å². The fraction of sp³-hybridized carbons (Fsp3) is 0.125. The lowest BCUT2D eigenvalue weighted by Gasteiger charge is -1.97. The number of aromatic amines is 1. The van der Waals surface area contributed by atoms with Gasteiger partial charge >= 0.3 is 0 Å². The highest BCUT2D eigenvalue weighted by Gasteiger charge is 2.10. The van der Waals surface area contributed by atoms with E-state index in [-0.39, 0.29) is 0 Å². The van der Waals surface area contributed by atoms with E-state index in [1.165, 1.54) is 0 Å². The van der Waals surface area contributed by atoms with Crippen LogP contribution in [0.1, 0.15) is 0 Å². The van der Waals surface area contributed by atoms with Gasteiger partial charge in [-0.05, 0) is 12.1 Å². The highest BCUT2D eigenvalue weighted by atomic mass is 35.5. The number of benzene rings is 1. The van der Waals surface area contributed by atoms with E-state index in [1.807, 2.05) is 0 Å². The average molecular weight is 217 g/mol. The Morgan fingerprint density at radius 1 is 1.38 bits per heavy atom. The van der Waals surface area contributed by atoms with Gasteiger partial charge in [0.05, 0.1) is 23.0 Å². The topological polar surface area (TPSA) is 37.9 Å². The molecule has 1 N–H and O–H groups in total. The zero-order valence-corrected chi connectivity index (χ0v) is 8.28. The minimum absolute atomic E-state index is 0.483. The number of ether oxygens (including phenoxy) is 1. The van der Waals surface area contributed by atoms with Crippen LogP contribution in [0.2, 0.25) is 10.0 Å². The van der Waals surface area contributed by atoms with Crippen LogP contribution in [0.4, 0.5) is 0 Å². The standard InChI is InChI=1S/C8H6Cl2N2O/c1-13-8-7-5(10)2-4(9)3-6(7)11-12-8/h2-3H,1H3,(H,11,12). The molecule has 0 fully saturated rings. The van der Waals surface area contributed by atoms with E-state index in [0.29, 0.717) is 15.9 Å². The first-order chi connectivity index (χ1) is 6.22. The van der Waals surface area contributed by atoms with Crippen molar-refractivity contribution in [3.63, 3.8) is 0 Å². The predicted molar refractivity (Wildman–Crippen MR) is 52.7 cm³/mol. The van der Waals surface area contributed by atoms with E-state index in [4.69, 9.17) is 27.9 Å². The number of nitrogens with zero attached hydrogens (tertiary/aromatic N) is 1. The van der Waals surface area contributed by atoms with Gasteiger partial charge in [0.25, 0.3) is 0 Å². The van der Waals surface area contributed by atoms with Gasteiger partial charge in [-0.2, -0.15) is 0 Å². The Morgan fingerprint density at radius 2 is 2.15 bits per heavy atom. The molecule has 1 aromatic carbocycles. The van der Waals surface area contributed by atoms with Gasteiger partial charge in [0, 0.05) is 5.02 Å². The molecule has 0 amide bonds. The van der Waals surface area contributed by atoms with Crippen LogP contribution < -0.4 is 4.74 Å². The summed E-state index contributed by atoms with van der Waals surface area (Å²) in [4.78, 5) is 0. The minimum atomic E-state index is 0.483. The van der Waals surface area contributed by atoms with Crippen molar-refractivity contribution in [1.29, 1.82) is 0 Å². The summed E-state index contributed by atoms with van der Waals surface area (Å²) in [5.41, 5.74) is 0.773. The van der Waals surface area contributed by atoms with Crippen LogP contribution in [0.25, 0.3) is 10.9 Å². The van der Waals surface area contributed by atoms with E-state index in [1.54, 1.807) is 19.2 Å². The molecule has 13 heavy (non-hydrogen) atoms. The van der Waals surface area contributed by atoms with Crippen molar-refractivity contribution in [1.82, 2.24) is 10.2 Å². The number of nitrogens with one attached hydrogen (secondary N) is 1. The van der Waals surface area contributed by atoms with Gasteiger partial charge < -0.3 is 4.74 Å². The summed E-state index contributed by atoms with van der Waals surface area (Å²) in [7, 11) is 1.54. The SMILES string of the molecule is COc1n[nH]c2cc(Cl)cc(Cl)c12. The summed E-state index contributed by atoms with van der Waals surface area (Å²) in [5.74, 6) is 0.483. The molecule has 0 saturated heterocycles. The lowest BCUT2D eigenvalue weighted by molar-refractivity contribution is 0.401. The summed E-state index contributed by atoms with van der Waals surface area (Å²) in [5, 5.41) is 8.57. The Hall–Kier alpha value is -0.930. The number of hydrogen-bond donors (Lipinski definition) is 1. The maximum Gasteiger partial charge on any atom is 0.241 e. The molecule has 5 heteroatoms. The van der Waals surface area contributed by atoms with Gasteiger partial charge in [-0.1, -0.05) is 23.2 Å². The molecule has 0 atom stereocenters. The van der Waals surface area contributed by atoms with Gasteiger partial charge in [0.15, 0.2) is 0 Å². The van der Waals surface area contributed by atoms with Crippen LogP contribution in [-0.2, 0) is 0 Å². The van der Waals surface area contributed by atoms with Crippen LogP contribution in [0.15, 0.2) is 12.1 Å². The van der Waals surface area contributed by atoms with E-state index in [2.05, 4.69) is 10.2 Å². The summed E-state index contributed by atoms with van der Waals surface area (Å²) in [6.45, 7) is 0. The summed E-state index contributed by atoms with van der Waals surface area (Å²) < 4.78 is 5.02. The van der Waals surface area contributed by atoms with Crippen molar-refractivity contribution in [2.45, 2.75) is 0 Å². The third-order valence-electron chi connectivity index (χ3n) is 1.74. The van der Waals surface area contributed by atoms with Crippen molar-refractivity contribution in [3.05, 3.63) is 22.2 Å². The highest BCUT2D eigenvalue weighted by Crippen LogP contribution is 2.32. The Kier molecular flexibility index (Phi) is 2.06. The van der Waals surface area contributed by atoms with E-state index < -0.39 is 0 Å². The molecule has 1 aromatic heterocycles. The third kappa shape index (κ3) is 1.34. The molecular formula is C8H6Cl2N2O. The fourth-order valence-corrected chi connectivity index (χ4v) is 1.77. The molecule has 2 rings (SSSR count).